The zero-order valence-electron chi connectivity index (χ0n) is 4.60. The predicted octanol–water partition coefficient (Wildman–Crippen LogP) is 1.07. The highest BCUT2D eigenvalue weighted by atomic mass is 19.3. The third-order valence-electron chi connectivity index (χ3n) is 1.27. The lowest BCUT2D eigenvalue weighted by Crippen LogP contribution is -2.10. The predicted molar refractivity (Wildman–Crippen MR) is 26.0 cm³/mol. The van der Waals surface area contributed by atoms with Crippen LogP contribution in [0.15, 0.2) is 0 Å². The van der Waals surface area contributed by atoms with Gasteiger partial charge in [-0.15, -0.1) is 0 Å². The topological polar surface area (TPSA) is 18.5 Å². The highest BCUT2D eigenvalue weighted by Crippen LogP contribution is 2.11. The average Bonchev–Trinajstić information content (AvgIpc) is 2.19. The zero-order valence-corrected chi connectivity index (χ0v) is 4.60. The van der Waals surface area contributed by atoms with Gasteiger partial charge in [0.15, 0.2) is 0 Å². The van der Waals surface area contributed by atoms with E-state index in [1.165, 1.54) is 0 Å². The van der Waals surface area contributed by atoms with Gasteiger partial charge in [-0.1, -0.05) is 0 Å². The van der Waals surface area contributed by atoms with Crippen LogP contribution in [0.3, 0.4) is 0 Å². The quantitative estimate of drug-likeness (QED) is 0.542. The minimum absolute atomic E-state index is 0.0139. The molecular weight excluding hydrogens is 111 g/mol. The van der Waals surface area contributed by atoms with E-state index in [0.29, 0.717) is 0 Å². The Bertz CT molecular complexity index is 61.4. The fourth-order valence-electron chi connectivity index (χ4n) is 0.846. The van der Waals surface area contributed by atoms with Crippen molar-refractivity contribution in [2.75, 3.05) is 13.2 Å². The Morgan fingerprint density at radius 1 is 1.75 bits per heavy atom. The van der Waals surface area contributed by atoms with Crippen LogP contribution in [0.2, 0.25) is 0 Å². The largest absolute Gasteiger partial charge is 0.376 e. The van der Waals surface area contributed by atoms with Crippen LogP contribution in [0.25, 0.3) is 0 Å². The number of halogens is 1. The first-order valence-electron chi connectivity index (χ1n) is 2.78. The molecule has 0 aromatic rings. The molecule has 48 valence electrons. The molecule has 1 fully saturated rings. The number of rotatable bonds is 2. The van der Waals surface area contributed by atoms with E-state index in [9.17, 15) is 4.53 Å². The van der Waals surface area contributed by atoms with Gasteiger partial charge in [-0.3, -0.25) is 0 Å². The summed E-state index contributed by atoms with van der Waals surface area (Å²) in [5, 5.41) is 0. The fraction of sp³-hybridized carbons (Fsp3) is 1.00. The van der Waals surface area contributed by atoms with Crippen molar-refractivity contribution in [1.29, 1.82) is 0 Å². The summed E-state index contributed by atoms with van der Waals surface area (Å²) in [5.41, 5.74) is 0. The molecular formula is C5H9FO2. The Balaban J connectivity index is 2.06. The van der Waals surface area contributed by atoms with E-state index in [4.69, 9.17) is 4.74 Å². The molecule has 0 radical (unpaired) electrons. The Hall–Kier alpha value is -0.150. The summed E-state index contributed by atoms with van der Waals surface area (Å²) in [4.78, 5) is 3.40. The van der Waals surface area contributed by atoms with Gasteiger partial charge in [0.05, 0.1) is 6.10 Å². The van der Waals surface area contributed by atoms with Gasteiger partial charge < -0.3 is 4.74 Å². The van der Waals surface area contributed by atoms with Crippen LogP contribution in [0.4, 0.5) is 4.53 Å². The summed E-state index contributed by atoms with van der Waals surface area (Å²) in [6.45, 7) is 0.855. The molecule has 2 nitrogen and oxygen atoms in total. The molecule has 0 N–H and O–H groups in total. The maximum Gasteiger partial charge on any atom is 0.114 e. The summed E-state index contributed by atoms with van der Waals surface area (Å²) >= 11 is 0. The van der Waals surface area contributed by atoms with E-state index < -0.39 is 0 Å². The van der Waals surface area contributed by atoms with Crippen molar-refractivity contribution in [1.82, 2.24) is 0 Å². The molecule has 1 rings (SSSR count). The van der Waals surface area contributed by atoms with Gasteiger partial charge in [-0.05, 0) is 17.4 Å². The minimum atomic E-state index is 0.0139. The molecule has 8 heavy (non-hydrogen) atoms. The Kier molecular flexibility index (Phi) is 2.24. The molecule has 1 aliphatic heterocycles. The van der Waals surface area contributed by atoms with E-state index in [2.05, 4.69) is 4.94 Å². The third kappa shape index (κ3) is 1.42. The number of ether oxygens (including phenoxy) is 1. The Morgan fingerprint density at radius 2 is 2.62 bits per heavy atom. The van der Waals surface area contributed by atoms with Gasteiger partial charge in [0, 0.05) is 6.61 Å². The van der Waals surface area contributed by atoms with Gasteiger partial charge >= 0.3 is 0 Å². The Morgan fingerprint density at radius 3 is 3.12 bits per heavy atom. The van der Waals surface area contributed by atoms with E-state index in [1.807, 2.05) is 0 Å². The molecule has 1 aliphatic rings. The summed E-state index contributed by atoms with van der Waals surface area (Å²) in [5.74, 6) is 0. The van der Waals surface area contributed by atoms with Crippen LogP contribution < -0.4 is 0 Å². The normalized spacial score (nSPS) is 28.9. The first kappa shape index (κ1) is 5.98. The van der Waals surface area contributed by atoms with Crippen molar-refractivity contribution < 1.29 is 14.2 Å². The maximum atomic E-state index is 11.1. The van der Waals surface area contributed by atoms with E-state index in [0.717, 1.165) is 19.4 Å². The molecule has 0 saturated carbocycles. The van der Waals surface area contributed by atoms with Crippen LogP contribution in [-0.4, -0.2) is 19.3 Å². The van der Waals surface area contributed by atoms with Crippen molar-refractivity contribution in [2.24, 2.45) is 0 Å². The second-order valence-electron chi connectivity index (χ2n) is 1.91. The lowest BCUT2D eigenvalue weighted by Gasteiger charge is -2.02. The second-order valence-corrected chi connectivity index (χ2v) is 1.91. The van der Waals surface area contributed by atoms with Gasteiger partial charge in [0.2, 0.25) is 0 Å². The summed E-state index contributed by atoms with van der Waals surface area (Å²) in [6.07, 6.45) is 1.98. The van der Waals surface area contributed by atoms with Gasteiger partial charge in [0.25, 0.3) is 0 Å². The SMILES string of the molecule is FOCC1CCCO1. The molecule has 1 atom stereocenters. The first-order chi connectivity index (χ1) is 3.93. The van der Waals surface area contributed by atoms with Crippen molar-refractivity contribution >= 4 is 0 Å². The molecule has 0 spiro atoms. The van der Waals surface area contributed by atoms with Gasteiger partial charge in [-0.25, -0.2) is 0 Å². The van der Waals surface area contributed by atoms with Crippen LogP contribution in [0, 0.1) is 0 Å². The monoisotopic (exact) mass is 120 g/mol. The molecule has 1 saturated heterocycles. The highest BCUT2D eigenvalue weighted by molar-refractivity contribution is 4.62. The van der Waals surface area contributed by atoms with Crippen LogP contribution in [-0.2, 0) is 9.68 Å². The van der Waals surface area contributed by atoms with Crippen molar-refractivity contribution in [3.8, 4) is 0 Å². The molecule has 1 heterocycles. The van der Waals surface area contributed by atoms with Crippen molar-refractivity contribution in [3.05, 3.63) is 0 Å². The zero-order chi connectivity index (χ0) is 5.82. The molecule has 1 unspecified atom stereocenters. The molecule has 0 aliphatic carbocycles. The van der Waals surface area contributed by atoms with Crippen LogP contribution >= 0.6 is 0 Å². The summed E-state index contributed by atoms with van der Waals surface area (Å²) in [6, 6.07) is 0. The van der Waals surface area contributed by atoms with Crippen LogP contribution in [0.5, 0.6) is 0 Å². The van der Waals surface area contributed by atoms with E-state index >= 15 is 0 Å². The van der Waals surface area contributed by atoms with Crippen molar-refractivity contribution in [3.63, 3.8) is 0 Å². The maximum absolute atomic E-state index is 11.1. The highest BCUT2D eigenvalue weighted by Gasteiger charge is 2.14. The smallest absolute Gasteiger partial charge is 0.114 e. The van der Waals surface area contributed by atoms with Crippen molar-refractivity contribution in [2.45, 2.75) is 18.9 Å². The standard InChI is InChI=1S/C5H9FO2/c6-8-4-5-2-1-3-7-5/h5H,1-4H2. The lowest BCUT2D eigenvalue weighted by molar-refractivity contribution is -0.158. The summed E-state index contributed by atoms with van der Waals surface area (Å²) < 4.78 is 16.1. The average molecular weight is 120 g/mol. The van der Waals surface area contributed by atoms with Crippen LogP contribution in [0.1, 0.15) is 12.8 Å². The molecule has 0 aromatic carbocycles. The Labute approximate surface area is 47.5 Å². The van der Waals surface area contributed by atoms with Gasteiger partial charge in [-0.2, -0.15) is 4.94 Å². The molecule has 0 aromatic heterocycles. The molecule has 3 heteroatoms. The first-order valence-corrected chi connectivity index (χ1v) is 2.78. The van der Waals surface area contributed by atoms with E-state index in [1.54, 1.807) is 0 Å². The van der Waals surface area contributed by atoms with Gasteiger partial charge in [0.1, 0.15) is 6.61 Å². The number of hydrogen-bond donors (Lipinski definition) is 0. The summed E-state index contributed by atoms with van der Waals surface area (Å²) in [7, 11) is 0. The lowest BCUT2D eigenvalue weighted by atomic mass is 10.2. The van der Waals surface area contributed by atoms with E-state index in [-0.39, 0.29) is 12.7 Å². The second kappa shape index (κ2) is 2.99. The number of hydrogen-bond acceptors (Lipinski definition) is 2. The fourth-order valence-corrected chi connectivity index (χ4v) is 0.846. The third-order valence-corrected chi connectivity index (χ3v) is 1.27. The molecule has 0 amide bonds. The minimum Gasteiger partial charge on any atom is -0.376 e. The molecule has 0 bridgehead atoms.